The summed E-state index contributed by atoms with van der Waals surface area (Å²) in [7, 11) is 0. The smallest absolute Gasteiger partial charge is 0.122 e. The minimum absolute atomic E-state index is 0.312. The van der Waals surface area contributed by atoms with Gasteiger partial charge in [0.2, 0.25) is 0 Å². The Morgan fingerprint density at radius 1 is 1.24 bits per heavy atom. The lowest BCUT2D eigenvalue weighted by Crippen LogP contribution is -2.11. The number of rotatable bonds is 3. The van der Waals surface area contributed by atoms with Crippen LogP contribution in [0.2, 0.25) is 0 Å². The topological polar surface area (TPSA) is 50.9 Å². The van der Waals surface area contributed by atoms with E-state index in [9.17, 15) is 0 Å². The average Bonchev–Trinajstić information content (AvgIpc) is 2.33. The van der Waals surface area contributed by atoms with Crippen molar-refractivity contribution >= 4 is 28.6 Å². The number of hydrogen-bond acceptors (Lipinski definition) is 3. The molecule has 0 saturated carbocycles. The second-order valence-electron chi connectivity index (χ2n) is 3.74. The van der Waals surface area contributed by atoms with Crippen LogP contribution in [0, 0.1) is 6.92 Å². The van der Waals surface area contributed by atoms with Gasteiger partial charge in [-0.2, -0.15) is 0 Å². The van der Waals surface area contributed by atoms with E-state index in [-0.39, 0.29) is 0 Å². The van der Waals surface area contributed by atoms with E-state index in [2.05, 4.69) is 23.3 Å². The van der Waals surface area contributed by atoms with E-state index in [4.69, 9.17) is 18.0 Å². The van der Waals surface area contributed by atoms with Crippen LogP contribution >= 0.6 is 12.2 Å². The van der Waals surface area contributed by atoms with Crippen molar-refractivity contribution in [1.29, 1.82) is 0 Å². The van der Waals surface area contributed by atoms with Crippen molar-refractivity contribution in [3.63, 3.8) is 0 Å². The molecule has 2 rings (SSSR count). The van der Waals surface area contributed by atoms with Gasteiger partial charge in [0.1, 0.15) is 4.99 Å². The number of aryl methyl sites for hydroxylation is 1. The summed E-state index contributed by atoms with van der Waals surface area (Å²) in [4.78, 5) is 4.49. The zero-order valence-electron chi connectivity index (χ0n) is 9.47. The monoisotopic (exact) mass is 243 g/mol. The van der Waals surface area contributed by atoms with E-state index >= 15 is 0 Å². The van der Waals surface area contributed by atoms with Crippen LogP contribution < -0.4 is 11.1 Å². The summed E-state index contributed by atoms with van der Waals surface area (Å²) in [6, 6.07) is 11.8. The number of nitrogens with one attached hydrogen (secondary N) is 1. The number of para-hydroxylation sites is 1. The quantitative estimate of drug-likeness (QED) is 0.814. The molecule has 0 fully saturated rings. The molecule has 0 aliphatic carbocycles. The lowest BCUT2D eigenvalue weighted by atomic mass is 10.2. The van der Waals surface area contributed by atoms with Gasteiger partial charge in [-0.05, 0) is 30.7 Å². The number of anilines is 2. The van der Waals surface area contributed by atoms with Gasteiger partial charge < -0.3 is 11.1 Å². The van der Waals surface area contributed by atoms with Crippen LogP contribution in [0.25, 0.3) is 0 Å². The van der Waals surface area contributed by atoms with Gasteiger partial charge >= 0.3 is 0 Å². The van der Waals surface area contributed by atoms with Crippen LogP contribution in [-0.4, -0.2) is 9.97 Å². The molecule has 1 heterocycles. The Bertz CT molecular complexity index is 535. The summed E-state index contributed by atoms with van der Waals surface area (Å²) in [5.41, 5.74) is 9.29. The summed E-state index contributed by atoms with van der Waals surface area (Å²) in [6.45, 7) is 2.05. The first-order valence-electron chi connectivity index (χ1n) is 5.25. The van der Waals surface area contributed by atoms with Gasteiger partial charge in [-0.15, -0.1) is 0 Å². The standard InChI is InChI=1S/C13H13N3S/c1-9-4-2-3-5-11(9)16-10-6-7-12(13(14)17)15-8-10/h2-8,16H,1H3,(H2,14,17). The minimum atomic E-state index is 0.312. The third-order valence-corrected chi connectivity index (χ3v) is 2.65. The van der Waals surface area contributed by atoms with Crippen molar-refractivity contribution in [2.45, 2.75) is 6.92 Å². The van der Waals surface area contributed by atoms with Crippen LogP contribution in [0.5, 0.6) is 0 Å². The van der Waals surface area contributed by atoms with E-state index in [1.807, 2.05) is 30.3 Å². The maximum absolute atomic E-state index is 5.49. The lowest BCUT2D eigenvalue weighted by molar-refractivity contribution is 1.28. The van der Waals surface area contributed by atoms with Crippen molar-refractivity contribution < 1.29 is 0 Å². The third kappa shape index (κ3) is 2.79. The van der Waals surface area contributed by atoms with E-state index in [0.717, 1.165) is 11.4 Å². The van der Waals surface area contributed by atoms with E-state index < -0.39 is 0 Å². The molecule has 1 aromatic carbocycles. The van der Waals surface area contributed by atoms with Crippen molar-refractivity contribution in [2.24, 2.45) is 5.73 Å². The molecule has 4 heteroatoms. The van der Waals surface area contributed by atoms with Crippen LogP contribution in [0.15, 0.2) is 42.6 Å². The molecule has 0 aliphatic heterocycles. The van der Waals surface area contributed by atoms with Crippen LogP contribution in [0.4, 0.5) is 11.4 Å². The van der Waals surface area contributed by atoms with Gasteiger partial charge in [0.05, 0.1) is 17.6 Å². The highest BCUT2D eigenvalue weighted by molar-refractivity contribution is 7.80. The van der Waals surface area contributed by atoms with Gasteiger partial charge in [-0.3, -0.25) is 4.98 Å². The third-order valence-electron chi connectivity index (χ3n) is 2.44. The molecule has 0 atom stereocenters. The molecule has 86 valence electrons. The largest absolute Gasteiger partial charge is 0.388 e. The Kier molecular flexibility index (Phi) is 3.35. The highest BCUT2D eigenvalue weighted by Crippen LogP contribution is 2.19. The minimum Gasteiger partial charge on any atom is -0.388 e. The van der Waals surface area contributed by atoms with Crippen molar-refractivity contribution in [3.05, 3.63) is 53.9 Å². The van der Waals surface area contributed by atoms with Gasteiger partial charge in [-0.1, -0.05) is 30.4 Å². The molecule has 3 nitrogen and oxygen atoms in total. The molecule has 0 aliphatic rings. The Morgan fingerprint density at radius 2 is 2.00 bits per heavy atom. The average molecular weight is 243 g/mol. The molecule has 3 N–H and O–H groups in total. The first-order chi connectivity index (χ1) is 8.16. The summed E-state index contributed by atoms with van der Waals surface area (Å²) >= 11 is 4.85. The van der Waals surface area contributed by atoms with Gasteiger partial charge in [0, 0.05) is 5.69 Å². The first-order valence-corrected chi connectivity index (χ1v) is 5.66. The number of aromatic nitrogens is 1. The summed E-state index contributed by atoms with van der Waals surface area (Å²) in [5, 5.41) is 3.29. The zero-order chi connectivity index (χ0) is 12.3. The predicted octanol–water partition coefficient (Wildman–Crippen LogP) is 2.77. The fourth-order valence-corrected chi connectivity index (χ4v) is 1.60. The fraction of sp³-hybridized carbons (Fsp3) is 0.0769. The van der Waals surface area contributed by atoms with Crippen molar-refractivity contribution in [3.8, 4) is 0 Å². The predicted molar refractivity (Wildman–Crippen MR) is 74.6 cm³/mol. The molecule has 0 spiro atoms. The molecular weight excluding hydrogens is 230 g/mol. The van der Waals surface area contributed by atoms with E-state index in [1.165, 1.54) is 5.56 Å². The van der Waals surface area contributed by atoms with Gasteiger partial charge in [0.25, 0.3) is 0 Å². The van der Waals surface area contributed by atoms with Gasteiger partial charge in [-0.25, -0.2) is 0 Å². The Morgan fingerprint density at radius 3 is 2.59 bits per heavy atom. The maximum atomic E-state index is 5.49. The SMILES string of the molecule is Cc1ccccc1Nc1ccc(C(N)=S)nc1. The highest BCUT2D eigenvalue weighted by Gasteiger charge is 2.00. The number of nitrogens with two attached hydrogens (primary N) is 1. The molecule has 2 aromatic rings. The van der Waals surface area contributed by atoms with Crippen molar-refractivity contribution in [2.75, 3.05) is 5.32 Å². The Hall–Kier alpha value is -1.94. The number of pyridine rings is 1. The molecule has 0 unspecified atom stereocenters. The lowest BCUT2D eigenvalue weighted by Gasteiger charge is -2.09. The molecule has 0 radical (unpaired) electrons. The highest BCUT2D eigenvalue weighted by atomic mass is 32.1. The normalized spacial score (nSPS) is 9.94. The molecule has 0 amide bonds. The summed E-state index contributed by atoms with van der Waals surface area (Å²) in [6.07, 6.45) is 1.72. The Balaban J connectivity index is 2.20. The molecule has 1 aromatic heterocycles. The van der Waals surface area contributed by atoms with Crippen LogP contribution in [0.1, 0.15) is 11.3 Å². The fourth-order valence-electron chi connectivity index (χ4n) is 1.48. The van der Waals surface area contributed by atoms with Crippen LogP contribution in [-0.2, 0) is 0 Å². The molecule has 0 bridgehead atoms. The molecular formula is C13H13N3S. The van der Waals surface area contributed by atoms with E-state index in [1.54, 1.807) is 6.20 Å². The zero-order valence-corrected chi connectivity index (χ0v) is 10.3. The number of hydrogen-bond donors (Lipinski definition) is 2. The summed E-state index contributed by atoms with van der Waals surface area (Å²) < 4.78 is 0. The summed E-state index contributed by atoms with van der Waals surface area (Å²) in [5.74, 6) is 0. The molecule has 0 saturated heterocycles. The van der Waals surface area contributed by atoms with Crippen LogP contribution in [0.3, 0.4) is 0 Å². The number of benzene rings is 1. The van der Waals surface area contributed by atoms with Gasteiger partial charge in [0.15, 0.2) is 0 Å². The first kappa shape index (κ1) is 11.5. The Labute approximate surface area is 106 Å². The van der Waals surface area contributed by atoms with Crippen molar-refractivity contribution in [1.82, 2.24) is 4.98 Å². The number of thiocarbonyl (C=S) groups is 1. The number of nitrogens with zero attached hydrogens (tertiary/aromatic N) is 1. The van der Waals surface area contributed by atoms with E-state index in [0.29, 0.717) is 10.7 Å². The second kappa shape index (κ2) is 4.93. The maximum Gasteiger partial charge on any atom is 0.122 e. The molecule has 17 heavy (non-hydrogen) atoms. The second-order valence-corrected chi connectivity index (χ2v) is 4.18.